The standard InChI is InChI=1S/C12H10ClNO3S/c13-8-2-1-3-10(4-8)17-6-11-14-9(7-18-11)5-12(15)16/h1-4,7H,5-6H2,(H,15,16). The third-order valence-electron chi connectivity index (χ3n) is 2.09. The molecule has 2 rings (SSSR count). The lowest BCUT2D eigenvalue weighted by Crippen LogP contribution is -2.01. The molecule has 2 aromatic rings. The van der Waals surface area contributed by atoms with Gasteiger partial charge in [-0.05, 0) is 18.2 Å². The Bertz CT molecular complexity index is 556. The van der Waals surface area contributed by atoms with Gasteiger partial charge in [-0.15, -0.1) is 11.3 Å². The van der Waals surface area contributed by atoms with E-state index in [-0.39, 0.29) is 6.42 Å². The van der Waals surface area contributed by atoms with E-state index in [4.69, 9.17) is 21.4 Å². The van der Waals surface area contributed by atoms with Gasteiger partial charge in [-0.1, -0.05) is 17.7 Å². The molecule has 0 amide bonds. The van der Waals surface area contributed by atoms with Crippen LogP contribution in [0.1, 0.15) is 10.7 Å². The molecule has 94 valence electrons. The zero-order valence-electron chi connectivity index (χ0n) is 9.30. The van der Waals surface area contributed by atoms with Crippen LogP contribution in [0.15, 0.2) is 29.6 Å². The number of aliphatic carboxylic acids is 1. The highest BCUT2D eigenvalue weighted by Crippen LogP contribution is 2.19. The van der Waals surface area contributed by atoms with Gasteiger partial charge in [-0.3, -0.25) is 4.79 Å². The lowest BCUT2D eigenvalue weighted by molar-refractivity contribution is -0.136. The summed E-state index contributed by atoms with van der Waals surface area (Å²) in [5.41, 5.74) is 0.553. The average Bonchev–Trinajstić information content (AvgIpc) is 2.73. The number of aromatic nitrogens is 1. The van der Waals surface area contributed by atoms with Crippen LogP contribution in [0, 0.1) is 0 Å². The number of carbonyl (C=O) groups is 1. The van der Waals surface area contributed by atoms with Crippen molar-refractivity contribution in [3.63, 3.8) is 0 Å². The van der Waals surface area contributed by atoms with Crippen molar-refractivity contribution in [1.29, 1.82) is 0 Å². The Hall–Kier alpha value is -1.59. The first-order valence-corrected chi connectivity index (χ1v) is 6.42. The summed E-state index contributed by atoms with van der Waals surface area (Å²) in [7, 11) is 0. The number of nitrogens with zero attached hydrogens (tertiary/aromatic N) is 1. The topological polar surface area (TPSA) is 59.4 Å². The van der Waals surface area contributed by atoms with Gasteiger partial charge in [0.1, 0.15) is 17.4 Å². The molecule has 18 heavy (non-hydrogen) atoms. The second-order valence-electron chi connectivity index (χ2n) is 3.55. The van der Waals surface area contributed by atoms with Gasteiger partial charge in [-0.2, -0.15) is 0 Å². The van der Waals surface area contributed by atoms with E-state index >= 15 is 0 Å². The number of hydrogen-bond donors (Lipinski definition) is 1. The fourth-order valence-electron chi connectivity index (χ4n) is 1.35. The molecule has 0 bridgehead atoms. The lowest BCUT2D eigenvalue weighted by atomic mass is 10.3. The van der Waals surface area contributed by atoms with Crippen LogP contribution in [0.2, 0.25) is 5.02 Å². The summed E-state index contributed by atoms with van der Waals surface area (Å²) in [6.07, 6.45) is -0.0618. The maximum Gasteiger partial charge on any atom is 0.309 e. The second kappa shape index (κ2) is 5.84. The third-order valence-corrected chi connectivity index (χ3v) is 3.20. The fourth-order valence-corrected chi connectivity index (χ4v) is 2.24. The van der Waals surface area contributed by atoms with Crippen molar-refractivity contribution in [3.8, 4) is 5.75 Å². The van der Waals surface area contributed by atoms with E-state index in [1.807, 2.05) is 0 Å². The summed E-state index contributed by atoms with van der Waals surface area (Å²) in [5, 5.41) is 11.7. The summed E-state index contributed by atoms with van der Waals surface area (Å²) in [6, 6.07) is 7.09. The summed E-state index contributed by atoms with van der Waals surface area (Å²) in [5.74, 6) is -0.222. The zero-order chi connectivity index (χ0) is 13.0. The van der Waals surface area contributed by atoms with Crippen molar-refractivity contribution in [3.05, 3.63) is 45.4 Å². The van der Waals surface area contributed by atoms with Gasteiger partial charge in [0.25, 0.3) is 0 Å². The highest BCUT2D eigenvalue weighted by molar-refractivity contribution is 7.09. The first-order chi connectivity index (χ1) is 8.63. The van der Waals surface area contributed by atoms with Gasteiger partial charge < -0.3 is 9.84 Å². The number of carboxylic acids is 1. The molecular weight excluding hydrogens is 274 g/mol. The molecule has 0 spiro atoms. The molecular formula is C12H10ClNO3S. The van der Waals surface area contributed by atoms with Crippen molar-refractivity contribution in [1.82, 2.24) is 4.98 Å². The van der Waals surface area contributed by atoms with Crippen LogP contribution in [0.3, 0.4) is 0 Å². The first kappa shape index (κ1) is 12.9. The summed E-state index contributed by atoms with van der Waals surface area (Å²) in [6.45, 7) is 0.310. The largest absolute Gasteiger partial charge is 0.486 e. The minimum Gasteiger partial charge on any atom is -0.486 e. The molecule has 4 nitrogen and oxygen atoms in total. The monoisotopic (exact) mass is 283 g/mol. The molecule has 0 fully saturated rings. The molecule has 1 heterocycles. The normalized spacial score (nSPS) is 10.3. The van der Waals surface area contributed by atoms with Crippen LogP contribution < -0.4 is 4.74 Å². The summed E-state index contributed by atoms with van der Waals surface area (Å²) < 4.78 is 5.51. The Morgan fingerprint density at radius 3 is 3.06 bits per heavy atom. The molecule has 0 saturated carbocycles. The molecule has 0 aliphatic carbocycles. The molecule has 0 unspecified atom stereocenters. The quantitative estimate of drug-likeness (QED) is 0.916. The van der Waals surface area contributed by atoms with Crippen LogP contribution in [-0.2, 0) is 17.8 Å². The number of carboxylic acid groups (broad SMARTS) is 1. The predicted molar refractivity (Wildman–Crippen MR) is 69.2 cm³/mol. The van der Waals surface area contributed by atoms with Crippen LogP contribution in [0.25, 0.3) is 0 Å². The Balaban J connectivity index is 1.94. The number of ether oxygens (including phenoxy) is 1. The van der Waals surface area contributed by atoms with Crippen molar-refractivity contribution >= 4 is 28.9 Å². The molecule has 0 aliphatic rings. The van der Waals surface area contributed by atoms with Crippen molar-refractivity contribution < 1.29 is 14.6 Å². The number of rotatable bonds is 5. The number of benzene rings is 1. The van der Waals surface area contributed by atoms with Crippen LogP contribution >= 0.6 is 22.9 Å². The highest BCUT2D eigenvalue weighted by atomic mass is 35.5. The van der Waals surface area contributed by atoms with Gasteiger partial charge in [0.2, 0.25) is 0 Å². The van der Waals surface area contributed by atoms with Crippen LogP contribution in [-0.4, -0.2) is 16.1 Å². The van der Waals surface area contributed by atoms with E-state index in [9.17, 15) is 4.79 Å². The Labute approximate surface area is 113 Å². The van der Waals surface area contributed by atoms with Gasteiger partial charge in [0.05, 0.1) is 12.1 Å². The second-order valence-corrected chi connectivity index (χ2v) is 4.93. The average molecular weight is 284 g/mol. The highest BCUT2D eigenvalue weighted by Gasteiger charge is 2.06. The Morgan fingerprint density at radius 1 is 1.50 bits per heavy atom. The van der Waals surface area contributed by atoms with E-state index < -0.39 is 5.97 Å². The molecule has 1 N–H and O–H groups in total. The SMILES string of the molecule is O=C(O)Cc1csc(COc2cccc(Cl)c2)n1. The molecule has 1 aromatic carbocycles. The number of hydrogen-bond acceptors (Lipinski definition) is 4. The maximum absolute atomic E-state index is 10.5. The molecule has 1 aromatic heterocycles. The van der Waals surface area contributed by atoms with Crippen molar-refractivity contribution in [2.45, 2.75) is 13.0 Å². The van der Waals surface area contributed by atoms with E-state index in [1.165, 1.54) is 11.3 Å². The molecule has 0 radical (unpaired) electrons. The molecule has 0 atom stereocenters. The predicted octanol–water partition coefficient (Wildman–Crippen LogP) is 3.00. The summed E-state index contributed by atoms with van der Waals surface area (Å²) in [4.78, 5) is 14.7. The van der Waals surface area contributed by atoms with E-state index in [1.54, 1.807) is 29.6 Å². The zero-order valence-corrected chi connectivity index (χ0v) is 10.9. The number of halogens is 1. The van der Waals surface area contributed by atoms with E-state index in [0.29, 0.717) is 23.1 Å². The third kappa shape index (κ3) is 3.72. The fraction of sp³-hybridized carbons (Fsp3) is 0.167. The van der Waals surface area contributed by atoms with Crippen molar-refractivity contribution in [2.24, 2.45) is 0 Å². The number of thiazole rings is 1. The molecule has 6 heteroatoms. The Morgan fingerprint density at radius 2 is 2.33 bits per heavy atom. The van der Waals surface area contributed by atoms with Gasteiger partial charge >= 0.3 is 5.97 Å². The van der Waals surface area contributed by atoms with Gasteiger partial charge in [-0.25, -0.2) is 4.98 Å². The minimum atomic E-state index is -0.886. The minimum absolute atomic E-state index is 0.0618. The Kier molecular flexibility index (Phi) is 4.17. The van der Waals surface area contributed by atoms with E-state index in [0.717, 1.165) is 5.01 Å². The van der Waals surface area contributed by atoms with Crippen molar-refractivity contribution in [2.75, 3.05) is 0 Å². The van der Waals surface area contributed by atoms with Gasteiger partial charge in [0, 0.05) is 10.4 Å². The molecule has 0 aliphatic heterocycles. The smallest absolute Gasteiger partial charge is 0.309 e. The van der Waals surface area contributed by atoms with Gasteiger partial charge in [0.15, 0.2) is 0 Å². The molecule has 0 saturated heterocycles. The first-order valence-electron chi connectivity index (χ1n) is 5.17. The van der Waals surface area contributed by atoms with Crippen LogP contribution in [0.4, 0.5) is 0 Å². The maximum atomic E-state index is 10.5. The lowest BCUT2D eigenvalue weighted by Gasteiger charge is -2.03. The van der Waals surface area contributed by atoms with Crippen LogP contribution in [0.5, 0.6) is 5.75 Å². The van der Waals surface area contributed by atoms with E-state index in [2.05, 4.69) is 4.98 Å². The summed E-state index contributed by atoms with van der Waals surface area (Å²) >= 11 is 7.21.